The molecule has 28 heavy (non-hydrogen) atoms. The fourth-order valence-corrected chi connectivity index (χ4v) is 5.91. The highest BCUT2D eigenvalue weighted by Crippen LogP contribution is 2.55. The first-order valence-corrected chi connectivity index (χ1v) is 11.2. The summed E-state index contributed by atoms with van der Waals surface area (Å²) in [5.41, 5.74) is 1.32. The van der Waals surface area contributed by atoms with Gasteiger partial charge in [-0.05, 0) is 37.2 Å². The van der Waals surface area contributed by atoms with E-state index in [0.717, 1.165) is 38.4 Å². The van der Waals surface area contributed by atoms with Gasteiger partial charge < -0.3 is 15.3 Å². The lowest BCUT2D eigenvalue weighted by atomic mass is 9.60. The molecule has 0 unspecified atom stereocenters. The van der Waals surface area contributed by atoms with Crippen molar-refractivity contribution in [3.63, 3.8) is 0 Å². The largest absolute Gasteiger partial charge is 0.395 e. The van der Waals surface area contributed by atoms with E-state index in [-0.39, 0.29) is 24.2 Å². The average molecular weight is 384 g/mol. The maximum atomic E-state index is 12.8. The van der Waals surface area contributed by atoms with Crippen LogP contribution in [0.1, 0.15) is 56.4 Å². The van der Waals surface area contributed by atoms with Crippen molar-refractivity contribution in [1.82, 2.24) is 15.1 Å². The summed E-state index contributed by atoms with van der Waals surface area (Å²) in [6, 6.07) is 11.3. The zero-order valence-electron chi connectivity index (χ0n) is 16.7. The Kier molecular flexibility index (Phi) is 4.84. The van der Waals surface area contributed by atoms with Gasteiger partial charge in [0, 0.05) is 37.6 Å². The Morgan fingerprint density at radius 3 is 2.43 bits per heavy atom. The predicted octanol–water partition coefficient (Wildman–Crippen LogP) is 2.95. The molecule has 1 spiro atoms. The number of nitrogens with zero attached hydrogens (tertiary/aromatic N) is 2. The Labute approximate surface area is 168 Å². The van der Waals surface area contributed by atoms with Crippen molar-refractivity contribution in [3.05, 3.63) is 35.9 Å². The van der Waals surface area contributed by atoms with Gasteiger partial charge in [-0.2, -0.15) is 0 Å². The number of rotatable bonds is 5. The van der Waals surface area contributed by atoms with Gasteiger partial charge >= 0.3 is 6.03 Å². The number of aliphatic hydroxyl groups is 1. The van der Waals surface area contributed by atoms with E-state index in [2.05, 4.69) is 40.5 Å². The highest BCUT2D eigenvalue weighted by molar-refractivity contribution is 5.76. The Balaban J connectivity index is 1.30. The van der Waals surface area contributed by atoms with Gasteiger partial charge in [0.1, 0.15) is 0 Å². The predicted molar refractivity (Wildman–Crippen MR) is 109 cm³/mol. The van der Waals surface area contributed by atoms with Gasteiger partial charge in [0.05, 0.1) is 12.1 Å². The van der Waals surface area contributed by atoms with Crippen LogP contribution in [0.5, 0.6) is 0 Å². The summed E-state index contributed by atoms with van der Waals surface area (Å²) in [5.74, 6) is 1.10. The summed E-state index contributed by atoms with van der Waals surface area (Å²) in [6.07, 6.45) is 8.64. The zero-order valence-corrected chi connectivity index (χ0v) is 16.7. The number of nitrogens with one attached hydrogen (secondary N) is 1. The molecule has 5 nitrogen and oxygen atoms in total. The minimum atomic E-state index is 0.0151. The number of amides is 2. The van der Waals surface area contributed by atoms with Crippen molar-refractivity contribution < 1.29 is 9.90 Å². The molecule has 2 heterocycles. The summed E-state index contributed by atoms with van der Waals surface area (Å²) < 4.78 is 0. The number of urea groups is 1. The molecule has 5 rings (SSSR count). The lowest BCUT2D eigenvalue weighted by molar-refractivity contribution is -0.179. The summed E-state index contributed by atoms with van der Waals surface area (Å²) >= 11 is 0. The Morgan fingerprint density at radius 1 is 1.07 bits per heavy atom. The summed E-state index contributed by atoms with van der Waals surface area (Å²) in [4.78, 5) is 17.3. The highest BCUT2D eigenvalue weighted by atomic mass is 16.3. The van der Waals surface area contributed by atoms with E-state index in [1.54, 1.807) is 0 Å². The molecule has 4 fully saturated rings. The van der Waals surface area contributed by atoms with Crippen molar-refractivity contribution in [1.29, 1.82) is 0 Å². The molecule has 2 saturated heterocycles. The fourth-order valence-electron chi connectivity index (χ4n) is 5.91. The molecule has 152 valence electrons. The van der Waals surface area contributed by atoms with Gasteiger partial charge in [-0.25, -0.2) is 4.79 Å². The second-order valence-electron chi connectivity index (χ2n) is 9.48. The van der Waals surface area contributed by atoms with E-state index in [1.807, 2.05) is 4.90 Å². The molecule has 2 aliphatic carbocycles. The van der Waals surface area contributed by atoms with Crippen molar-refractivity contribution in [2.75, 3.05) is 26.2 Å². The van der Waals surface area contributed by atoms with Crippen molar-refractivity contribution in [2.45, 2.75) is 68.5 Å². The van der Waals surface area contributed by atoms with E-state index < -0.39 is 0 Å². The van der Waals surface area contributed by atoms with E-state index in [9.17, 15) is 9.90 Å². The van der Waals surface area contributed by atoms with Crippen LogP contribution in [0.4, 0.5) is 4.79 Å². The van der Waals surface area contributed by atoms with E-state index in [0.29, 0.717) is 12.0 Å². The maximum absolute atomic E-state index is 12.8. The smallest absolute Gasteiger partial charge is 0.317 e. The zero-order chi connectivity index (χ0) is 19.1. The minimum absolute atomic E-state index is 0.0151. The number of carbonyl (C=O) groups excluding carboxylic acids is 1. The van der Waals surface area contributed by atoms with Crippen LogP contribution in [0.2, 0.25) is 0 Å². The monoisotopic (exact) mass is 383 g/mol. The standard InChI is InChI=1S/C23H33N3O2/c27-14-20-21(18-7-3-1-4-8-18)23(26(20)13-17-11-12-17)15-25(16-23)22(28)24-19-9-5-2-6-10-19/h1,3-4,7-8,17,19-21,27H,2,5-6,9-16H2,(H,24,28)/t20-,21+/m0/s1. The normalized spacial score (nSPS) is 30.0. The maximum Gasteiger partial charge on any atom is 0.317 e. The number of carbonyl (C=O) groups is 1. The third kappa shape index (κ3) is 3.13. The molecule has 4 aliphatic rings. The van der Waals surface area contributed by atoms with Gasteiger partial charge in [-0.1, -0.05) is 49.6 Å². The lowest BCUT2D eigenvalue weighted by Gasteiger charge is -2.71. The second-order valence-corrected chi connectivity index (χ2v) is 9.48. The average Bonchev–Trinajstić information content (AvgIpc) is 3.50. The van der Waals surface area contributed by atoms with Gasteiger partial charge in [0.2, 0.25) is 0 Å². The van der Waals surface area contributed by atoms with Crippen LogP contribution in [0, 0.1) is 5.92 Å². The van der Waals surface area contributed by atoms with Crippen LogP contribution in [0.3, 0.4) is 0 Å². The first-order valence-electron chi connectivity index (χ1n) is 11.2. The van der Waals surface area contributed by atoms with Crippen LogP contribution >= 0.6 is 0 Å². The molecule has 5 heteroatoms. The van der Waals surface area contributed by atoms with E-state index >= 15 is 0 Å². The quantitative estimate of drug-likeness (QED) is 0.822. The molecular weight excluding hydrogens is 350 g/mol. The first kappa shape index (κ1) is 18.4. The van der Waals surface area contributed by atoms with Crippen LogP contribution in [0.25, 0.3) is 0 Å². The van der Waals surface area contributed by atoms with Crippen LogP contribution in [-0.2, 0) is 0 Å². The summed E-state index contributed by atoms with van der Waals surface area (Å²) in [6.45, 7) is 2.84. The summed E-state index contributed by atoms with van der Waals surface area (Å²) in [5, 5.41) is 13.4. The molecule has 2 N–H and O–H groups in total. The number of likely N-dealkylation sites (tertiary alicyclic amines) is 2. The Morgan fingerprint density at radius 2 is 1.79 bits per heavy atom. The molecule has 0 radical (unpaired) electrons. The molecule has 2 atom stereocenters. The number of aliphatic hydroxyl groups excluding tert-OH is 1. The fraction of sp³-hybridized carbons (Fsp3) is 0.696. The topological polar surface area (TPSA) is 55.8 Å². The molecule has 2 amide bonds. The molecule has 2 saturated carbocycles. The number of benzene rings is 1. The van der Waals surface area contributed by atoms with Gasteiger partial charge in [-0.15, -0.1) is 0 Å². The Bertz CT molecular complexity index is 693. The van der Waals surface area contributed by atoms with Gasteiger partial charge in [0.25, 0.3) is 0 Å². The van der Waals surface area contributed by atoms with Gasteiger partial charge in [-0.3, -0.25) is 4.90 Å². The van der Waals surface area contributed by atoms with Crippen molar-refractivity contribution in [3.8, 4) is 0 Å². The first-order chi connectivity index (χ1) is 13.7. The van der Waals surface area contributed by atoms with Crippen LogP contribution in [-0.4, -0.2) is 64.8 Å². The molecule has 1 aromatic carbocycles. The number of hydrogen-bond acceptors (Lipinski definition) is 3. The van der Waals surface area contributed by atoms with Gasteiger partial charge in [0.15, 0.2) is 0 Å². The van der Waals surface area contributed by atoms with Crippen molar-refractivity contribution >= 4 is 6.03 Å². The van der Waals surface area contributed by atoms with E-state index in [1.165, 1.54) is 37.7 Å². The molecule has 2 aliphatic heterocycles. The third-order valence-corrected chi connectivity index (χ3v) is 7.58. The van der Waals surface area contributed by atoms with Crippen molar-refractivity contribution in [2.24, 2.45) is 5.92 Å². The highest BCUT2D eigenvalue weighted by Gasteiger charge is 2.66. The lowest BCUT2D eigenvalue weighted by Crippen LogP contribution is -2.85. The number of hydrogen-bond donors (Lipinski definition) is 2. The third-order valence-electron chi connectivity index (χ3n) is 7.58. The molecule has 1 aromatic rings. The SMILES string of the molecule is O=C(NC1CCCCC1)N1CC2(C1)[C@H](c1ccccc1)[C@H](CO)N2CC1CC1. The van der Waals surface area contributed by atoms with E-state index in [4.69, 9.17) is 0 Å². The minimum Gasteiger partial charge on any atom is -0.395 e. The molecule has 0 bridgehead atoms. The molecular formula is C23H33N3O2. The Hall–Kier alpha value is -1.59. The van der Waals surface area contributed by atoms with Crippen LogP contribution in [0.15, 0.2) is 30.3 Å². The summed E-state index contributed by atoms with van der Waals surface area (Å²) in [7, 11) is 0. The second kappa shape index (κ2) is 7.34. The molecule has 0 aromatic heterocycles. The van der Waals surface area contributed by atoms with Crippen LogP contribution < -0.4 is 5.32 Å².